The average Bonchev–Trinajstić information content (AvgIpc) is 2.06. The number of aliphatic carboxylic acids is 1. The highest BCUT2D eigenvalue weighted by atomic mass is 19.1. The van der Waals surface area contributed by atoms with E-state index >= 15 is 0 Å². The number of pyridine rings is 1. The summed E-state index contributed by atoms with van der Waals surface area (Å²) in [5, 5.41) is 8.48. The SMILES string of the molecule is C[C@](F)(C(=O)O)c1ccccn1. The van der Waals surface area contributed by atoms with Gasteiger partial charge in [0.2, 0.25) is 5.67 Å². The number of carboxylic acid groups (broad SMARTS) is 1. The minimum absolute atomic E-state index is 0.0856. The van der Waals surface area contributed by atoms with E-state index in [1.165, 1.54) is 12.3 Å². The Morgan fingerprint density at radius 3 is 2.75 bits per heavy atom. The van der Waals surface area contributed by atoms with E-state index in [1.807, 2.05) is 0 Å². The van der Waals surface area contributed by atoms with Gasteiger partial charge in [0.05, 0.1) is 5.69 Å². The number of rotatable bonds is 2. The molecule has 0 aliphatic carbocycles. The Bertz CT molecular complexity index is 284. The molecule has 1 aromatic heterocycles. The predicted molar refractivity (Wildman–Crippen MR) is 40.3 cm³/mol. The molecule has 1 atom stereocenters. The van der Waals surface area contributed by atoms with Gasteiger partial charge in [-0.1, -0.05) is 6.07 Å². The molecule has 0 bridgehead atoms. The first-order valence-electron chi connectivity index (χ1n) is 3.39. The van der Waals surface area contributed by atoms with Gasteiger partial charge in [0.1, 0.15) is 0 Å². The summed E-state index contributed by atoms with van der Waals surface area (Å²) in [6, 6.07) is 4.48. The van der Waals surface area contributed by atoms with Crippen LogP contribution in [0.5, 0.6) is 0 Å². The fourth-order valence-corrected chi connectivity index (χ4v) is 0.750. The summed E-state index contributed by atoms with van der Waals surface area (Å²) in [5.74, 6) is -1.53. The van der Waals surface area contributed by atoms with Crippen LogP contribution in [0.1, 0.15) is 12.6 Å². The Morgan fingerprint density at radius 1 is 1.67 bits per heavy atom. The van der Waals surface area contributed by atoms with E-state index in [0.717, 1.165) is 6.92 Å². The lowest BCUT2D eigenvalue weighted by Gasteiger charge is -2.12. The van der Waals surface area contributed by atoms with E-state index in [4.69, 9.17) is 5.11 Å². The highest BCUT2D eigenvalue weighted by Crippen LogP contribution is 2.22. The normalized spacial score (nSPS) is 15.2. The molecule has 3 nitrogen and oxygen atoms in total. The highest BCUT2D eigenvalue weighted by molar-refractivity contribution is 5.77. The Kier molecular flexibility index (Phi) is 2.08. The Morgan fingerprint density at radius 2 is 2.33 bits per heavy atom. The molecule has 0 aliphatic heterocycles. The molecule has 0 unspecified atom stereocenters. The van der Waals surface area contributed by atoms with Crippen LogP contribution in [0.25, 0.3) is 0 Å². The van der Waals surface area contributed by atoms with Gasteiger partial charge < -0.3 is 5.11 Å². The topological polar surface area (TPSA) is 50.2 Å². The number of carbonyl (C=O) groups is 1. The van der Waals surface area contributed by atoms with Crippen LogP contribution in [0.2, 0.25) is 0 Å². The van der Waals surface area contributed by atoms with E-state index in [2.05, 4.69) is 4.98 Å². The summed E-state index contributed by atoms with van der Waals surface area (Å²) in [4.78, 5) is 14.0. The smallest absolute Gasteiger partial charge is 0.347 e. The number of nitrogens with zero attached hydrogens (tertiary/aromatic N) is 1. The van der Waals surface area contributed by atoms with Crippen LogP contribution in [0, 0.1) is 0 Å². The predicted octanol–water partition coefficient (Wildman–Crippen LogP) is 1.35. The quantitative estimate of drug-likeness (QED) is 0.727. The van der Waals surface area contributed by atoms with Crippen LogP contribution in [-0.4, -0.2) is 16.1 Å². The van der Waals surface area contributed by atoms with Crippen LogP contribution in [0.15, 0.2) is 24.4 Å². The number of alkyl halides is 1. The fraction of sp³-hybridized carbons (Fsp3) is 0.250. The van der Waals surface area contributed by atoms with Crippen LogP contribution in [-0.2, 0) is 10.5 Å². The van der Waals surface area contributed by atoms with Crippen molar-refractivity contribution in [3.63, 3.8) is 0 Å². The zero-order valence-electron chi connectivity index (χ0n) is 6.49. The van der Waals surface area contributed by atoms with Crippen molar-refractivity contribution in [1.29, 1.82) is 0 Å². The third-order valence-corrected chi connectivity index (χ3v) is 1.55. The first-order valence-corrected chi connectivity index (χ1v) is 3.39. The molecule has 1 rings (SSSR count). The highest BCUT2D eigenvalue weighted by Gasteiger charge is 2.36. The van der Waals surface area contributed by atoms with E-state index < -0.39 is 11.6 Å². The minimum atomic E-state index is -2.40. The largest absolute Gasteiger partial charge is 0.479 e. The summed E-state index contributed by atoms with van der Waals surface area (Å²) in [6.07, 6.45) is 1.36. The maximum absolute atomic E-state index is 13.3. The van der Waals surface area contributed by atoms with Crippen LogP contribution < -0.4 is 0 Å². The second kappa shape index (κ2) is 2.89. The van der Waals surface area contributed by atoms with Gasteiger partial charge in [0.25, 0.3) is 0 Å². The second-order valence-corrected chi connectivity index (χ2v) is 2.52. The van der Waals surface area contributed by atoms with Gasteiger partial charge in [-0.3, -0.25) is 4.98 Å². The number of carboxylic acids is 1. The first kappa shape index (κ1) is 8.64. The molecule has 1 N–H and O–H groups in total. The monoisotopic (exact) mass is 169 g/mol. The molecule has 0 amide bonds. The van der Waals surface area contributed by atoms with Crippen LogP contribution >= 0.6 is 0 Å². The van der Waals surface area contributed by atoms with E-state index in [9.17, 15) is 9.18 Å². The zero-order valence-corrected chi connectivity index (χ0v) is 6.49. The van der Waals surface area contributed by atoms with Crippen LogP contribution in [0.4, 0.5) is 4.39 Å². The van der Waals surface area contributed by atoms with Gasteiger partial charge in [-0.2, -0.15) is 0 Å². The summed E-state index contributed by atoms with van der Waals surface area (Å²) in [5.41, 5.74) is -2.49. The molecule has 12 heavy (non-hydrogen) atoms. The molecule has 0 spiro atoms. The lowest BCUT2D eigenvalue weighted by atomic mass is 10.0. The third kappa shape index (κ3) is 1.42. The molecule has 64 valence electrons. The number of hydrogen-bond donors (Lipinski definition) is 1. The van der Waals surface area contributed by atoms with Gasteiger partial charge in [0.15, 0.2) is 0 Å². The average molecular weight is 169 g/mol. The van der Waals surface area contributed by atoms with Crippen molar-refractivity contribution in [1.82, 2.24) is 4.98 Å². The molecule has 0 aliphatic rings. The molecule has 0 aromatic carbocycles. The fourth-order valence-electron chi connectivity index (χ4n) is 0.750. The van der Waals surface area contributed by atoms with E-state index in [-0.39, 0.29) is 5.69 Å². The minimum Gasteiger partial charge on any atom is -0.479 e. The van der Waals surface area contributed by atoms with Gasteiger partial charge >= 0.3 is 5.97 Å². The van der Waals surface area contributed by atoms with Crippen LogP contribution in [0.3, 0.4) is 0 Å². The Balaban J connectivity index is 3.06. The van der Waals surface area contributed by atoms with Gasteiger partial charge in [-0.25, -0.2) is 9.18 Å². The Labute approximate surface area is 68.9 Å². The van der Waals surface area contributed by atoms with Crippen molar-refractivity contribution in [3.05, 3.63) is 30.1 Å². The maximum Gasteiger partial charge on any atom is 0.347 e. The van der Waals surface area contributed by atoms with Gasteiger partial charge in [-0.15, -0.1) is 0 Å². The molecule has 4 heteroatoms. The number of hydrogen-bond acceptors (Lipinski definition) is 2. The van der Waals surface area contributed by atoms with Crippen molar-refractivity contribution in [2.75, 3.05) is 0 Å². The maximum atomic E-state index is 13.3. The molecule has 1 heterocycles. The van der Waals surface area contributed by atoms with Gasteiger partial charge in [0, 0.05) is 6.20 Å². The first-order chi connectivity index (χ1) is 5.55. The molecule has 0 saturated carbocycles. The third-order valence-electron chi connectivity index (χ3n) is 1.55. The van der Waals surface area contributed by atoms with E-state index in [0.29, 0.717) is 0 Å². The van der Waals surface area contributed by atoms with Crippen molar-refractivity contribution in [3.8, 4) is 0 Å². The number of halogens is 1. The van der Waals surface area contributed by atoms with E-state index in [1.54, 1.807) is 12.1 Å². The molecular weight excluding hydrogens is 161 g/mol. The molecular formula is C8H8FNO2. The second-order valence-electron chi connectivity index (χ2n) is 2.52. The Hall–Kier alpha value is -1.45. The molecule has 0 radical (unpaired) electrons. The van der Waals surface area contributed by atoms with Crippen molar-refractivity contribution >= 4 is 5.97 Å². The molecule has 0 fully saturated rings. The summed E-state index contributed by atoms with van der Waals surface area (Å²) in [6.45, 7) is 0.970. The van der Waals surface area contributed by atoms with Crippen molar-refractivity contribution in [2.45, 2.75) is 12.6 Å². The summed E-state index contributed by atoms with van der Waals surface area (Å²) < 4.78 is 13.3. The lowest BCUT2D eigenvalue weighted by Crippen LogP contribution is -2.27. The van der Waals surface area contributed by atoms with Crippen molar-refractivity contribution < 1.29 is 14.3 Å². The molecule has 0 saturated heterocycles. The standard InChI is InChI=1S/C8H8FNO2/c1-8(9,7(11)12)6-4-2-3-5-10-6/h2-5H,1H3,(H,11,12)/t8-/m1/s1. The summed E-state index contributed by atoms with van der Waals surface area (Å²) >= 11 is 0. The lowest BCUT2D eigenvalue weighted by molar-refractivity contribution is -0.150. The molecule has 1 aromatic rings. The summed E-state index contributed by atoms with van der Waals surface area (Å²) in [7, 11) is 0. The zero-order chi connectivity index (χ0) is 9.19. The van der Waals surface area contributed by atoms with Crippen molar-refractivity contribution in [2.24, 2.45) is 0 Å². The number of aromatic nitrogens is 1. The van der Waals surface area contributed by atoms with Gasteiger partial charge in [-0.05, 0) is 19.1 Å².